The van der Waals surface area contributed by atoms with Crippen LogP contribution in [0.5, 0.6) is 0 Å². The zero-order valence-electron chi connectivity index (χ0n) is 9.62. The number of hydrogen-bond acceptors (Lipinski definition) is 3. The smallest absolute Gasteiger partial charge is 0.255 e. The van der Waals surface area contributed by atoms with Gasteiger partial charge in [-0.05, 0) is 25.1 Å². The molecule has 18 heavy (non-hydrogen) atoms. The van der Waals surface area contributed by atoms with Crippen molar-refractivity contribution in [2.45, 2.75) is 13.1 Å². The third kappa shape index (κ3) is 1.78. The number of aromatic amines is 1. The minimum Gasteiger partial charge on any atom is -0.361 e. The number of nitrogens with one attached hydrogen (secondary N) is 3. The molecule has 1 amide bonds. The SMILES string of the molecule is Cc1[nH]ncc1[C@H]1NC(=O)c2cc(Br)ccc2N1. The molecule has 0 saturated carbocycles. The molecule has 1 aliphatic heterocycles. The van der Waals surface area contributed by atoms with Gasteiger partial charge in [0, 0.05) is 21.4 Å². The van der Waals surface area contributed by atoms with E-state index in [-0.39, 0.29) is 12.1 Å². The van der Waals surface area contributed by atoms with Crippen molar-refractivity contribution in [3.8, 4) is 0 Å². The summed E-state index contributed by atoms with van der Waals surface area (Å²) in [5.41, 5.74) is 3.35. The standard InChI is InChI=1S/C12H11BrN4O/c1-6-9(5-14-17-6)11-15-10-3-2-7(13)4-8(10)12(18)16-11/h2-5,11,15H,1H3,(H,14,17)(H,16,18)/t11-/m1/s1. The largest absolute Gasteiger partial charge is 0.361 e. The van der Waals surface area contributed by atoms with Gasteiger partial charge in [0.05, 0.1) is 11.8 Å². The zero-order chi connectivity index (χ0) is 12.7. The van der Waals surface area contributed by atoms with Gasteiger partial charge in [-0.1, -0.05) is 15.9 Å². The van der Waals surface area contributed by atoms with Gasteiger partial charge in [-0.15, -0.1) is 0 Å². The van der Waals surface area contributed by atoms with Crippen LogP contribution in [-0.2, 0) is 0 Å². The Bertz CT molecular complexity index is 622. The fourth-order valence-electron chi connectivity index (χ4n) is 2.04. The van der Waals surface area contributed by atoms with Crippen molar-refractivity contribution in [3.63, 3.8) is 0 Å². The summed E-state index contributed by atoms with van der Waals surface area (Å²) < 4.78 is 0.885. The van der Waals surface area contributed by atoms with Gasteiger partial charge in [0.2, 0.25) is 0 Å². The highest BCUT2D eigenvalue weighted by atomic mass is 79.9. The van der Waals surface area contributed by atoms with Crippen LogP contribution in [0.3, 0.4) is 0 Å². The Balaban J connectivity index is 2.00. The molecule has 92 valence electrons. The summed E-state index contributed by atoms with van der Waals surface area (Å²) in [6.07, 6.45) is 1.47. The summed E-state index contributed by atoms with van der Waals surface area (Å²) in [6.45, 7) is 1.92. The van der Waals surface area contributed by atoms with Crippen LogP contribution in [0.25, 0.3) is 0 Å². The highest BCUT2D eigenvalue weighted by Gasteiger charge is 2.26. The number of aromatic nitrogens is 2. The van der Waals surface area contributed by atoms with Crippen molar-refractivity contribution in [3.05, 3.63) is 45.7 Å². The van der Waals surface area contributed by atoms with Crippen LogP contribution < -0.4 is 10.6 Å². The number of anilines is 1. The van der Waals surface area contributed by atoms with Crippen LogP contribution in [0.2, 0.25) is 0 Å². The maximum absolute atomic E-state index is 12.1. The first-order chi connectivity index (χ1) is 8.65. The Kier molecular flexibility index (Phi) is 2.59. The highest BCUT2D eigenvalue weighted by Crippen LogP contribution is 2.29. The van der Waals surface area contributed by atoms with E-state index >= 15 is 0 Å². The first-order valence-electron chi connectivity index (χ1n) is 5.52. The fraction of sp³-hybridized carbons (Fsp3) is 0.167. The molecule has 3 N–H and O–H groups in total. The topological polar surface area (TPSA) is 69.8 Å². The molecule has 0 unspecified atom stereocenters. The number of aryl methyl sites for hydroxylation is 1. The number of rotatable bonds is 1. The van der Waals surface area contributed by atoms with Gasteiger partial charge in [0.1, 0.15) is 6.17 Å². The molecule has 2 heterocycles. The number of halogens is 1. The molecular weight excluding hydrogens is 296 g/mol. The molecule has 0 bridgehead atoms. The van der Waals surface area contributed by atoms with Crippen molar-refractivity contribution in [1.82, 2.24) is 15.5 Å². The van der Waals surface area contributed by atoms with E-state index < -0.39 is 0 Å². The minimum atomic E-state index is -0.245. The van der Waals surface area contributed by atoms with Crippen molar-refractivity contribution < 1.29 is 4.79 Å². The van der Waals surface area contributed by atoms with E-state index in [1.165, 1.54) is 0 Å². The summed E-state index contributed by atoms with van der Waals surface area (Å²) in [4.78, 5) is 12.1. The van der Waals surface area contributed by atoms with Crippen molar-refractivity contribution in [2.24, 2.45) is 0 Å². The lowest BCUT2D eigenvalue weighted by Crippen LogP contribution is -2.38. The lowest BCUT2D eigenvalue weighted by molar-refractivity contribution is 0.0935. The summed E-state index contributed by atoms with van der Waals surface area (Å²) in [7, 11) is 0. The van der Waals surface area contributed by atoms with Crippen LogP contribution >= 0.6 is 15.9 Å². The predicted octanol–water partition coefficient (Wildman–Crippen LogP) is 2.33. The van der Waals surface area contributed by atoms with Gasteiger partial charge in [-0.2, -0.15) is 5.10 Å². The zero-order valence-corrected chi connectivity index (χ0v) is 11.2. The number of fused-ring (bicyclic) bond motifs is 1. The van der Waals surface area contributed by atoms with E-state index in [4.69, 9.17) is 0 Å². The second-order valence-electron chi connectivity index (χ2n) is 4.19. The third-order valence-electron chi connectivity index (χ3n) is 2.98. The predicted molar refractivity (Wildman–Crippen MR) is 71.3 cm³/mol. The third-order valence-corrected chi connectivity index (χ3v) is 3.47. The number of amides is 1. The van der Waals surface area contributed by atoms with Gasteiger partial charge < -0.3 is 10.6 Å². The first kappa shape index (κ1) is 11.3. The number of carbonyl (C=O) groups is 1. The van der Waals surface area contributed by atoms with Gasteiger partial charge in [-0.25, -0.2) is 0 Å². The maximum atomic E-state index is 12.1. The van der Waals surface area contributed by atoms with Crippen LogP contribution in [0.1, 0.15) is 27.8 Å². The molecule has 0 saturated heterocycles. The Hall–Kier alpha value is -1.82. The number of H-pyrrole nitrogens is 1. The Morgan fingerprint density at radius 1 is 1.33 bits per heavy atom. The van der Waals surface area contributed by atoms with Crippen LogP contribution in [-0.4, -0.2) is 16.1 Å². The molecule has 2 aromatic rings. The lowest BCUT2D eigenvalue weighted by Gasteiger charge is -2.27. The molecular formula is C12H11BrN4O. The molecule has 6 heteroatoms. The number of benzene rings is 1. The van der Waals surface area contributed by atoms with E-state index in [0.717, 1.165) is 21.4 Å². The van der Waals surface area contributed by atoms with E-state index in [1.807, 2.05) is 19.1 Å². The molecule has 1 aromatic heterocycles. The van der Waals surface area contributed by atoms with Crippen LogP contribution in [0, 0.1) is 6.92 Å². The average molecular weight is 307 g/mol. The van der Waals surface area contributed by atoms with Crippen molar-refractivity contribution in [1.29, 1.82) is 0 Å². The van der Waals surface area contributed by atoms with Crippen molar-refractivity contribution in [2.75, 3.05) is 5.32 Å². The Morgan fingerprint density at radius 2 is 2.17 bits per heavy atom. The molecule has 1 aliphatic rings. The van der Waals surface area contributed by atoms with Crippen LogP contribution in [0.4, 0.5) is 5.69 Å². The second-order valence-corrected chi connectivity index (χ2v) is 5.11. The van der Waals surface area contributed by atoms with E-state index in [2.05, 4.69) is 36.8 Å². The Labute approximate surface area is 112 Å². The van der Waals surface area contributed by atoms with Gasteiger partial charge in [-0.3, -0.25) is 9.89 Å². The monoisotopic (exact) mass is 306 g/mol. The van der Waals surface area contributed by atoms with Gasteiger partial charge in [0.25, 0.3) is 5.91 Å². The quantitative estimate of drug-likeness (QED) is 0.757. The van der Waals surface area contributed by atoms with Gasteiger partial charge in [0.15, 0.2) is 0 Å². The van der Waals surface area contributed by atoms with E-state index in [0.29, 0.717) is 5.56 Å². The second kappa shape index (κ2) is 4.13. The molecule has 3 rings (SSSR count). The molecule has 0 spiro atoms. The molecule has 0 radical (unpaired) electrons. The van der Waals surface area contributed by atoms with Crippen LogP contribution in [0.15, 0.2) is 28.9 Å². The summed E-state index contributed by atoms with van der Waals surface area (Å²) in [5.74, 6) is -0.0874. The summed E-state index contributed by atoms with van der Waals surface area (Å²) in [5, 5.41) is 13.0. The summed E-state index contributed by atoms with van der Waals surface area (Å²) in [6, 6.07) is 5.60. The fourth-order valence-corrected chi connectivity index (χ4v) is 2.40. The number of hydrogen-bond donors (Lipinski definition) is 3. The molecule has 1 aromatic carbocycles. The van der Waals surface area contributed by atoms with E-state index in [1.54, 1.807) is 12.3 Å². The normalized spacial score (nSPS) is 17.9. The minimum absolute atomic E-state index is 0.0874. The lowest BCUT2D eigenvalue weighted by atomic mass is 10.1. The molecule has 1 atom stereocenters. The number of nitrogens with zero attached hydrogens (tertiary/aromatic N) is 1. The molecule has 0 fully saturated rings. The maximum Gasteiger partial charge on any atom is 0.255 e. The average Bonchev–Trinajstić information content (AvgIpc) is 2.76. The van der Waals surface area contributed by atoms with Gasteiger partial charge >= 0.3 is 0 Å². The van der Waals surface area contributed by atoms with E-state index in [9.17, 15) is 4.79 Å². The Morgan fingerprint density at radius 3 is 2.89 bits per heavy atom. The molecule has 5 nitrogen and oxygen atoms in total. The van der Waals surface area contributed by atoms with Crippen molar-refractivity contribution >= 4 is 27.5 Å². The summed E-state index contributed by atoms with van der Waals surface area (Å²) >= 11 is 3.36. The number of carbonyl (C=O) groups excluding carboxylic acids is 1. The highest BCUT2D eigenvalue weighted by molar-refractivity contribution is 9.10. The molecule has 0 aliphatic carbocycles. The first-order valence-corrected chi connectivity index (χ1v) is 6.31.